The van der Waals surface area contributed by atoms with Crippen molar-refractivity contribution in [2.45, 2.75) is 25.5 Å². The lowest BCUT2D eigenvalue weighted by Gasteiger charge is -2.12. The fourth-order valence-corrected chi connectivity index (χ4v) is 2.33. The van der Waals surface area contributed by atoms with Crippen LogP contribution in [-0.4, -0.2) is 29.0 Å². The maximum Gasteiger partial charge on any atom is 0.338 e. The van der Waals surface area contributed by atoms with Gasteiger partial charge in [0.2, 0.25) is 5.91 Å². The van der Waals surface area contributed by atoms with Crippen LogP contribution in [0, 0.1) is 0 Å². The average molecular weight is 391 g/mol. The minimum atomic E-state index is -1.16. The molecule has 7 nitrogen and oxygen atoms in total. The van der Waals surface area contributed by atoms with Gasteiger partial charge >= 0.3 is 11.9 Å². The Kier molecular flexibility index (Phi) is 7.34. The number of nitrogens with two attached hydrogens (primary N) is 1. The summed E-state index contributed by atoms with van der Waals surface area (Å²) in [5.74, 6) is -2.04. The first-order chi connectivity index (χ1) is 12.9. The van der Waals surface area contributed by atoms with Crippen molar-refractivity contribution in [3.8, 4) is 0 Å². The van der Waals surface area contributed by atoms with E-state index in [1.54, 1.807) is 48.5 Å². The van der Waals surface area contributed by atoms with Crippen LogP contribution in [0.15, 0.2) is 48.5 Å². The molecule has 0 aliphatic rings. The standard InChI is InChI=1S/C19H19ClN2O5/c20-14-7-5-12(6-8-14)19(26)27-11-13-3-1-2-4-16(13)22-17(23)10-9-15(21)18(24)25/h1-8,15H,9-11,21H2,(H,22,23)(H,24,25)/t15-/m0/s1. The Morgan fingerprint density at radius 2 is 1.78 bits per heavy atom. The Morgan fingerprint density at radius 3 is 2.44 bits per heavy atom. The fraction of sp³-hybridized carbons (Fsp3) is 0.211. The largest absolute Gasteiger partial charge is 0.480 e. The van der Waals surface area contributed by atoms with Crippen LogP contribution in [0.3, 0.4) is 0 Å². The van der Waals surface area contributed by atoms with E-state index in [0.29, 0.717) is 21.8 Å². The van der Waals surface area contributed by atoms with Gasteiger partial charge in [-0.25, -0.2) is 4.79 Å². The number of nitrogens with one attached hydrogen (secondary N) is 1. The summed E-state index contributed by atoms with van der Waals surface area (Å²) < 4.78 is 5.27. The summed E-state index contributed by atoms with van der Waals surface area (Å²) in [6, 6.07) is 12.1. The van der Waals surface area contributed by atoms with Gasteiger partial charge in [-0.1, -0.05) is 29.8 Å². The first kappa shape index (κ1) is 20.4. The number of carboxylic acids is 1. The Labute approximate surface area is 161 Å². The highest BCUT2D eigenvalue weighted by Gasteiger charge is 2.15. The molecular formula is C19H19ClN2O5. The third-order valence-corrected chi connectivity index (χ3v) is 3.98. The van der Waals surface area contributed by atoms with E-state index >= 15 is 0 Å². The van der Waals surface area contributed by atoms with E-state index in [9.17, 15) is 14.4 Å². The number of carbonyl (C=O) groups excluding carboxylic acids is 2. The van der Waals surface area contributed by atoms with E-state index in [-0.39, 0.29) is 25.4 Å². The molecule has 0 saturated heterocycles. The summed E-state index contributed by atoms with van der Waals surface area (Å²) in [5, 5.41) is 11.9. The van der Waals surface area contributed by atoms with Crippen LogP contribution in [0.1, 0.15) is 28.8 Å². The lowest BCUT2D eigenvalue weighted by Crippen LogP contribution is -2.31. The lowest BCUT2D eigenvalue weighted by atomic mass is 10.1. The molecule has 2 aromatic rings. The van der Waals surface area contributed by atoms with Crippen LogP contribution >= 0.6 is 11.6 Å². The normalized spacial score (nSPS) is 11.5. The van der Waals surface area contributed by atoms with Crippen molar-refractivity contribution in [2.24, 2.45) is 5.73 Å². The van der Waals surface area contributed by atoms with Gasteiger partial charge in [-0.15, -0.1) is 0 Å². The number of esters is 1. The number of aliphatic carboxylic acids is 1. The van der Waals surface area contributed by atoms with Crippen LogP contribution in [0.5, 0.6) is 0 Å². The number of halogens is 1. The number of para-hydroxylation sites is 1. The van der Waals surface area contributed by atoms with Crippen LogP contribution < -0.4 is 11.1 Å². The molecule has 2 rings (SSSR count). The fourth-order valence-electron chi connectivity index (χ4n) is 2.20. The SMILES string of the molecule is N[C@@H](CCC(=O)Nc1ccccc1COC(=O)c1ccc(Cl)cc1)C(=O)O. The number of anilines is 1. The molecule has 0 radical (unpaired) electrons. The first-order valence-electron chi connectivity index (χ1n) is 8.15. The summed E-state index contributed by atoms with van der Waals surface area (Å²) in [6.07, 6.45) is -0.0126. The zero-order valence-electron chi connectivity index (χ0n) is 14.4. The van der Waals surface area contributed by atoms with E-state index in [1.807, 2.05) is 0 Å². The quantitative estimate of drug-likeness (QED) is 0.596. The molecule has 0 saturated carbocycles. The molecule has 0 aromatic heterocycles. The second-order valence-corrected chi connectivity index (χ2v) is 6.21. The van der Waals surface area contributed by atoms with Crippen molar-refractivity contribution in [1.29, 1.82) is 0 Å². The third kappa shape index (κ3) is 6.40. The second kappa shape index (κ2) is 9.70. The molecule has 0 bridgehead atoms. The van der Waals surface area contributed by atoms with Crippen molar-refractivity contribution in [2.75, 3.05) is 5.32 Å². The molecule has 1 atom stereocenters. The molecule has 8 heteroatoms. The Bertz CT molecular complexity index is 823. The van der Waals surface area contributed by atoms with E-state index in [0.717, 1.165) is 0 Å². The number of carboxylic acid groups (broad SMARTS) is 1. The van der Waals surface area contributed by atoms with E-state index < -0.39 is 18.0 Å². The van der Waals surface area contributed by atoms with E-state index in [4.69, 9.17) is 27.2 Å². The molecule has 4 N–H and O–H groups in total. The number of amides is 1. The van der Waals surface area contributed by atoms with Gasteiger partial charge in [0, 0.05) is 22.7 Å². The molecule has 1 amide bonds. The van der Waals surface area contributed by atoms with Crippen molar-refractivity contribution >= 4 is 35.1 Å². The topological polar surface area (TPSA) is 119 Å². The van der Waals surface area contributed by atoms with Gasteiger partial charge in [0.15, 0.2) is 0 Å². The lowest BCUT2D eigenvalue weighted by molar-refractivity contribution is -0.138. The van der Waals surface area contributed by atoms with Gasteiger partial charge in [-0.05, 0) is 36.8 Å². The average Bonchev–Trinajstić information content (AvgIpc) is 2.65. The summed E-state index contributed by atoms with van der Waals surface area (Å²) in [7, 11) is 0. The molecule has 0 unspecified atom stereocenters. The minimum Gasteiger partial charge on any atom is -0.480 e. The molecule has 142 valence electrons. The van der Waals surface area contributed by atoms with Crippen LogP contribution in [0.25, 0.3) is 0 Å². The zero-order valence-corrected chi connectivity index (χ0v) is 15.1. The summed E-state index contributed by atoms with van der Waals surface area (Å²) in [4.78, 5) is 34.8. The molecule has 0 aliphatic heterocycles. The predicted octanol–water partition coefficient (Wildman–Crippen LogP) is 2.83. The van der Waals surface area contributed by atoms with Gasteiger partial charge < -0.3 is 20.9 Å². The van der Waals surface area contributed by atoms with Crippen molar-refractivity contribution in [3.05, 3.63) is 64.7 Å². The molecule has 0 spiro atoms. The molecule has 27 heavy (non-hydrogen) atoms. The molecule has 0 aliphatic carbocycles. The van der Waals surface area contributed by atoms with Crippen LogP contribution in [0.2, 0.25) is 5.02 Å². The monoisotopic (exact) mass is 390 g/mol. The van der Waals surface area contributed by atoms with Gasteiger partial charge in [-0.2, -0.15) is 0 Å². The van der Waals surface area contributed by atoms with Crippen LogP contribution in [0.4, 0.5) is 5.69 Å². The van der Waals surface area contributed by atoms with Crippen LogP contribution in [-0.2, 0) is 20.9 Å². The number of benzene rings is 2. The second-order valence-electron chi connectivity index (χ2n) is 5.77. The predicted molar refractivity (Wildman–Crippen MR) is 100 cm³/mol. The summed E-state index contributed by atoms with van der Waals surface area (Å²) in [6.45, 7) is -0.0352. The highest BCUT2D eigenvalue weighted by atomic mass is 35.5. The van der Waals surface area contributed by atoms with E-state index in [1.165, 1.54) is 0 Å². The molecule has 0 fully saturated rings. The third-order valence-electron chi connectivity index (χ3n) is 3.73. The van der Waals surface area contributed by atoms with Crippen molar-refractivity contribution in [3.63, 3.8) is 0 Å². The Balaban J connectivity index is 1.94. The number of hydrogen-bond donors (Lipinski definition) is 3. The summed E-state index contributed by atoms with van der Waals surface area (Å²) >= 11 is 5.79. The van der Waals surface area contributed by atoms with Crippen molar-refractivity contribution in [1.82, 2.24) is 0 Å². The van der Waals surface area contributed by atoms with Gasteiger partial charge in [-0.3, -0.25) is 9.59 Å². The smallest absolute Gasteiger partial charge is 0.338 e. The Hall–Kier alpha value is -2.90. The number of hydrogen-bond acceptors (Lipinski definition) is 5. The highest BCUT2D eigenvalue weighted by molar-refractivity contribution is 6.30. The molecular weight excluding hydrogens is 372 g/mol. The number of carbonyl (C=O) groups is 3. The number of ether oxygens (including phenoxy) is 1. The maximum atomic E-state index is 12.1. The van der Waals surface area contributed by atoms with E-state index in [2.05, 4.69) is 5.32 Å². The maximum absolute atomic E-state index is 12.1. The number of rotatable bonds is 8. The molecule has 0 heterocycles. The van der Waals surface area contributed by atoms with Gasteiger partial charge in [0.05, 0.1) is 5.56 Å². The minimum absolute atomic E-state index is 0.0227. The zero-order chi connectivity index (χ0) is 19.8. The van der Waals surface area contributed by atoms with Crippen molar-refractivity contribution < 1.29 is 24.2 Å². The summed E-state index contributed by atoms with van der Waals surface area (Å²) in [5.41, 5.74) is 6.84. The molecule has 2 aromatic carbocycles. The highest BCUT2D eigenvalue weighted by Crippen LogP contribution is 2.18. The Morgan fingerprint density at radius 1 is 1.11 bits per heavy atom. The first-order valence-corrected chi connectivity index (χ1v) is 8.53. The van der Waals surface area contributed by atoms with Gasteiger partial charge in [0.1, 0.15) is 12.6 Å². The van der Waals surface area contributed by atoms with Gasteiger partial charge in [0.25, 0.3) is 0 Å².